The number of amides is 1. The van der Waals surface area contributed by atoms with Crippen molar-refractivity contribution in [2.24, 2.45) is 0 Å². The van der Waals surface area contributed by atoms with Gasteiger partial charge in [-0.15, -0.1) is 0 Å². The van der Waals surface area contributed by atoms with E-state index in [1.54, 1.807) is 12.5 Å². The van der Waals surface area contributed by atoms with E-state index in [1.807, 2.05) is 10.8 Å². The summed E-state index contributed by atoms with van der Waals surface area (Å²) in [5.41, 5.74) is 4.04. The maximum atomic E-state index is 12.0. The zero-order valence-electron chi connectivity index (χ0n) is 12.9. The van der Waals surface area contributed by atoms with Crippen LogP contribution in [0.25, 0.3) is 0 Å². The Morgan fingerprint density at radius 2 is 2.09 bits per heavy atom. The predicted octanol–water partition coefficient (Wildman–Crippen LogP) is 2.51. The molecule has 4 heteroatoms. The number of aryl methyl sites for hydroxylation is 3. The molecule has 4 nitrogen and oxygen atoms in total. The number of carbonyl (C=O) groups is 1. The molecule has 2 aromatic rings. The van der Waals surface area contributed by atoms with Gasteiger partial charge in [0.2, 0.25) is 5.91 Å². The molecule has 1 aliphatic rings. The van der Waals surface area contributed by atoms with Gasteiger partial charge in [0.15, 0.2) is 0 Å². The number of aromatic nitrogens is 2. The van der Waals surface area contributed by atoms with Crippen LogP contribution >= 0.6 is 0 Å². The number of nitrogens with zero attached hydrogens (tertiary/aromatic N) is 2. The molecule has 0 unspecified atom stereocenters. The lowest BCUT2D eigenvalue weighted by molar-refractivity contribution is -0.120. The van der Waals surface area contributed by atoms with Crippen molar-refractivity contribution in [3.8, 4) is 0 Å². The Balaban J connectivity index is 1.43. The third kappa shape index (κ3) is 3.97. The Morgan fingerprint density at radius 1 is 1.23 bits per heavy atom. The van der Waals surface area contributed by atoms with Crippen LogP contribution in [0.2, 0.25) is 0 Å². The zero-order chi connectivity index (χ0) is 15.2. The van der Waals surface area contributed by atoms with Crippen molar-refractivity contribution in [1.29, 1.82) is 0 Å². The smallest absolute Gasteiger partial charge is 0.224 e. The molecule has 22 heavy (non-hydrogen) atoms. The van der Waals surface area contributed by atoms with Crippen LogP contribution in [0.5, 0.6) is 0 Å². The maximum Gasteiger partial charge on any atom is 0.224 e. The summed E-state index contributed by atoms with van der Waals surface area (Å²) in [6.45, 7) is 1.60. The van der Waals surface area contributed by atoms with Gasteiger partial charge in [0.1, 0.15) is 0 Å². The van der Waals surface area contributed by atoms with Crippen molar-refractivity contribution >= 4 is 5.91 Å². The highest BCUT2D eigenvalue weighted by atomic mass is 16.1. The quantitative estimate of drug-likeness (QED) is 0.833. The SMILES string of the molecule is O=C(Cc1ccc2c(c1)CCCC2)NCCCn1ccnc1. The lowest BCUT2D eigenvalue weighted by atomic mass is 9.90. The third-order valence-corrected chi connectivity index (χ3v) is 4.25. The second-order valence-electron chi connectivity index (χ2n) is 5.99. The minimum atomic E-state index is 0.112. The van der Waals surface area contributed by atoms with Crippen LogP contribution in [0.4, 0.5) is 0 Å². The maximum absolute atomic E-state index is 12.0. The summed E-state index contributed by atoms with van der Waals surface area (Å²) in [4.78, 5) is 16.0. The molecular weight excluding hydrogens is 274 g/mol. The molecule has 0 saturated heterocycles. The van der Waals surface area contributed by atoms with Crippen molar-refractivity contribution in [2.75, 3.05) is 6.54 Å². The van der Waals surface area contributed by atoms with E-state index in [4.69, 9.17) is 0 Å². The molecule has 0 spiro atoms. The molecule has 0 bridgehead atoms. The lowest BCUT2D eigenvalue weighted by Gasteiger charge is -2.16. The van der Waals surface area contributed by atoms with Gasteiger partial charge in [0.05, 0.1) is 12.7 Å². The van der Waals surface area contributed by atoms with Gasteiger partial charge in [0.25, 0.3) is 0 Å². The first-order valence-electron chi connectivity index (χ1n) is 8.14. The second-order valence-corrected chi connectivity index (χ2v) is 5.99. The van der Waals surface area contributed by atoms with E-state index in [-0.39, 0.29) is 5.91 Å². The molecule has 1 aromatic heterocycles. The first-order chi connectivity index (χ1) is 10.8. The van der Waals surface area contributed by atoms with Crippen LogP contribution in [0.1, 0.15) is 36.0 Å². The third-order valence-electron chi connectivity index (χ3n) is 4.25. The van der Waals surface area contributed by atoms with E-state index in [2.05, 4.69) is 28.5 Å². The standard InChI is InChI=1S/C18H23N3O/c22-18(20-8-3-10-21-11-9-19-14-21)13-15-6-7-16-4-1-2-5-17(16)12-15/h6-7,9,11-12,14H,1-5,8,10,13H2,(H,20,22). The molecule has 0 saturated carbocycles. The normalized spacial score (nSPS) is 13.6. The van der Waals surface area contributed by atoms with E-state index >= 15 is 0 Å². The van der Waals surface area contributed by atoms with Crippen LogP contribution < -0.4 is 5.32 Å². The Kier molecular flexibility index (Phi) is 4.88. The summed E-state index contributed by atoms with van der Waals surface area (Å²) in [5.74, 6) is 0.112. The minimum Gasteiger partial charge on any atom is -0.356 e. The van der Waals surface area contributed by atoms with Crippen LogP contribution in [0.15, 0.2) is 36.9 Å². The molecule has 0 aliphatic heterocycles. The van der Waals surface area contributed by atoms with E-state index in [0.29, 0.717) is 13.0 Å². The Morgan fingerprint density at radius 3 is 2.91 bits per heavy atom. The van der Waals surface area contributed by atoms with Crippen LogP contribution in [-0.4, -0.2) is 22.0 Å². The summed E-state index contributed by atoms with van der Waals surface area (Å²) in [6.07, 6.45) is 11.8. The van der Waals surface area contributed by atoms with Crippen LogP contribution in [-0.2, 0) is 30.6 Å². The van der Waals surface area contributed by atoms with Gasteiger partial charge in [-0.1, -0.05) is 18.2 Å². The minimum absolute atomic E-state index is 0.112. The van der Waals surface area contributed by atoms with Crippen molar-refractivity contribution in [3.05, 3.63) is 53.6 Å². The predicted molar refractivity (Wildman–Crippen MR) is 86.6 cm³/mol. The van der Waals surface area contributed by atoms with E-state index in [0.717, 1.165) is 24.9 Å². The van der Waals surface area contributed by atoms with Gasteiger partial charge in [-0.3, -0.25) is 4.79 Å². The highest BCUT2D eigenvalue weighted by molar-refractivity contribution is 5.78. The summed E-state index contributed by atoms with van der Waals surface area (Å²) >= 11 is 0. The summed E-state index contributed by atoms with van der Waals surface area (Å²) in [5, 5.41) is 3.00. The summed E-state index contributed by atoms with van der Waals surface area (Å²) in [7, 11) is 0. The Labute approximate surface area is 131 Å². The molecular formula is C18H23N3O. The number of hydrogen-bond donors (Lipinski definition) is 1. The lowest BCUT2D eigenvalue weighted by Crippen LogP contribution is -2.26. The van der Waals surface area contributed by atoms with E-state index in [1.165, 1.54) is 30.4 Å². The number of hydrogen-bond acceptors (Lipinski definition) is 2. The molecule has 1 N–H and O–H groups in total. The van der Waals surface area contributed by atoms with Crippen molar-refractivity contribution < 1.29 is 4.79 Å². The molecule has 3 rings (SSSR count). The molecule has 1 heterocycles. The molecule has 1 aliphatic carbocycles. The van der Waals surface area contributed by atoms with Gasteiger partial charge in [-0.2, -0.15) is 0 Å². The summed E-state index contributed by atoms with van der Waals surface area (Å²) in [6, 6.07) is 6.53. The fourth-order valence-electron chi connectivity index (χ4n) is 3.05. The Hall–Kier alpha value is -2.10. The number of benzene rings is 1. The number of imidazole rings is 1. The molecule has 0 fully saturated rings. The van der Waals surface area contributed by atoms with Gasteiger partial charge in [-0.25, -0.2) is 4.98 Å². The van der Waals surface area contributed by atoms with Crippen LogP contribution in [0, 0.1) is 0 Å². The molecule has 1 amide bonds. The van der Waals surface area contributed by atoms with Gasteiger partial charge < -0.3 is 9.88 Å². The number of rotatable bonds is 6. The monoisotopic (exact) mass is 297 g/mol. The fourth-order valence-corrected chi connectivity index (χ4v) is 3.05. The average molecular weight is 297 g/mol. The number of nitrogens with one attached hydrogen (secondary N) is 1. The highest BCUT2D eigenvalue weighted by Crippen LogP contribution is 2.22. The van der Waals surface area contributed by atoms with Crippen LogP contribution in [0.3, 0.4) is 0 Å². The average Bonchev–Trinajstić information content (AvgIpc) is 3.05. The van der Waals surface area contributed by atoms with Gasteiger partial charge in [0, 0.05) is 25.5 Å². The number of fused-ring (bicyclic) bond motifs is 1. The van der Waals surface area contributed by atoms with E-state index in [9.17, 15) is 4.79 Å². The highest BCUT2D eigenvalue weighted by Gasteiger charge is 2.10. The zero-order valence-corrected chi connectivity index (χ0v) is 12.9. The topological polar surface area (TPSA) is 46.9 Å². The van der Waals surface area contributed by atoms with Crippen molar-refractivity contribution in [1.82, 2.24) is 14.9 Å². The van der Waals surface area contributed by atoms with Crippen molar-refractivity contribution in [3.63, 3.8) is 0 Å². The van der Waals surface area contributed by atoms with Gasteiger partial charge >= 0.3 is 0 Å². The first kappa shape index (κ1) is 14.8. The molecule has 0 radical (unpaired) electrons. The fraction of sp³-hybridized carbons (Fsp3) is 0.444. The first-order valence-corrected chi connectivity index (χ1v) is 8.14. The second kappa shape index (κ2) is 7.25. The number of carbonyl (C=O) groups excluding carboxylic acids is 1. The molecule has 1 aromatic carbocycles. The summed E-state index contributed by atoms with van der Waals surface area (Å²) < 4.78 is 2.02. The molecule has 116 valence electrons. The molecule has 0 atom stereocenters. The van der Waals surface area contributed by atoms with E-state index < -0.39 is 0 Å². The van der Waals surface area contributed by atoms with Gasteiger partial charge in [-0.05, 0) is 48.8 Å². The largest absolute Gasteiger partial charge is 0.356 e. The Bertz CT molecular complexity index is 619. The van der Waals surface area contributed by atoms with Crippen molar-refractivity contribution in [2.45, 2.75) is 45.1 Å².